The van der Waals surface area contributed by atoms with Crippen molar-refractivity contribution in [1.82, 2.24) is 5.32 Å². The van der Waals surface area contributed by atoms with Crippen LogP contribution in [0.2, 0.25) is 0 Å². The summed E-state index contributed by atoms with van der Waals surface area (Å²) in [6.45, 7) is 5.22. The standard InChI is InChI=1S/C14H22BrNO2/c1-11(2)7-5-3-4-6-10-16-14(17)12-8-9-13(15)18-12/h8-9,11H,3-7,10H2,1-2H3,(H,16,17). The summed E-state index contributed by atoms with van der Waals surface area (Å²) in [5, 5.41) is 2.86. The molecular formula is C14H22BrNO2. The molecule has 1 N–H and O–H groups in total. The Morgan fingerprint density at radius 3 is 2.61 bits per heavy atom. The van der Waals surface area contributed by atoms with Crippen LogP contribution in [0.1, 0.15) is 56.5 Å². The quantitative estimate of drug-likeness (QED) is 0.723. The fourth-order valence-electron chi connectivity index (χ4n) is 1.76. The van der Waals surface area contributed by atoms with Gasteiger partial charge < -0.3 is 9.73 Å². The average Bonchev–Trinajstić information content (AvgIpc) is 2.74. The number of carbonyl (C=O) groups is 1. The number of hydrogen-bond donors (Lipinski definition) is 1. The van der Waals surface area contributed by atoms with Gasteiger partial charge in [0.25, 0.3) is 5.91 Å². The molecule has 0 saturated carbocycles. The molecule has 0 saturated heterocycles. The van der Waals surface area contributed by atoms with Crippen molar-refractivity contribution in [2.45, 2.75) is 46.0 Å². The third-order valence-corrected chi connectivity index (χ3v) is 3.22. The maximum atomic E-state index is 11.6. The number of rotatable bonds is 8. The van der Waals surface area contributed by atoms with Gasteiger partial charge in [0.05, 0.1) is 0 Å². The fourth-order valence-corrected chi connectivity index (χ4v) is 2.06. The monoisotopic (exact) mass is 315 g/mol. The minimum Gasteiger partial charge on any atom is -0.444 e. The van der Waals surface area contributed by atoms with E-state index in [1.54, 1.807) is 12.1 Å². The first-order valence-corrected chi connectivity index (χ1v) is 7.42. The highest BCUT2D eigenvalue weighted by Gasteiger charge is 2.08. The molecule has 1 aromatic rings. The molecule has 1 rings (SSSR count). The van der Waals surface area contributed by atoms with E-state index in [-0.39, 0.29) is 5.91 Å². The lowest BCUT2D eigenvalue weighted by molar-refractivity contribution is 0.0924. The van der Waals surface area contributed by atoms with Gasteiger partial charge in [-0.15, -0.1) is 0 Å². The van der Waals surface area contributed by atoms with Crippen LogP contribution < -0.4 is 5.32 Å². The van der Waals surface area contributed by atoms with Crippen molar-refractivity contribution in [1.29, 1.82) is 0 Å². The van der Waals surface area contributed by atoms with Gasteiger partial charge in [0.15, 0.2) is 10.4 Å². The van der Waals surface area contributed by atoms with Crippen molar-refractivity contribution >= 4 is 21.8 Å². The second-order valence-electron chi connectivity index (χ2n) is 4.96. The Bertz CT molecular complexity index is 360. The van der Waals surface area contributed by atoms with E-state index >= 15 is 0 Å². The van der Waals surface area contributed by atoms with Gasteiger partial charge in [-0.2, -0.15) is 0 Å². The SMILES string of the molecule is CC(C)CCCCCCNC(=O)c1ccc(Br)o1. The van der Waals surface area contributed by atoms with Crippen LogP contribution in [0.3, 0.4) is 0 Å². The first-order valence-electron chi connectivity index (χ1n) is 6.63. The first kappa shape index (κ1) is 15.3. The van der Waals surface area contributed by atoms with Crippen molar-refractivity contribution in [2.75, 3.05) is 6.54 Å². The third-order valence-electron chi connectivity index (χ3n) is 2.79. The van der Waals surface area contributed by atoms with Gasteiger partial charge in [-0.1, -0.05) is 39.5 Å². The minimum atomic E-state index is -0.136. The van der Waals surface area contributed by atoms with Crippen LogP contribution in [0, 0.1) is 5.92 Å². The average molecular weight is 316 g/mol. The summed E-state index contributed by atoms with van der Waals surface area (Å²) in [6, 6.07) is 3.39. The van der Waals surface area contributed by atoms with E-state index in [0.717, 1.165) is 18.9 Å². The van der Waals surface area contributed by atoms with Crippen LogP contribution in [-0.2, 0) is 0 Å². The molecule has 0 aromatic carbocycles. The maximum absolute atomic E-state index is 11.6. The summed E-state index contributed by atoms with van der Waals surface area (Å²) in [6.07, 6.45) is 6.05. The van der Waals surface area contributed by atoms with E-state index in [1.807, 2.05) is 0 Å². The zero-order chi connectivity index (χ0) is 13.4. The number of amides is 1. The van der Waals surface area contributed by atoms with Crippen molar-refractivity contribution < 1.29 is 9.21 Å². The lowest BCUT2D eigenvalue weighted by Gasteiger charge is -2.05. The van der Waals surface area contributed by atoms with Gasteiger partial charge in [0, 0.05) is 6.54 Å². The first-order chi connectivity index (χ1) is 8.59. The molecule has 0 bridgehead atoms. The van der Waals surface area contributed by atoms with Gasteiger partial charge in [0.2, 0.25) is 0 Å². The number of nitrogens with one attached hydrogen (secondary N) is 1. The Labute approximate surface area is 117 Å². The summed E-state index contributed by atoms with van der Waals surface area (Å²) in [5.74, 6) is 1.02. The third kappa shape index (κ3) is 6.24. The van der Waals surface area contributed by atoms with Crippen LogP contribution in [-0.4, -0.2) is 12.5 Å². The van der Waals surface area contributed by atoms with Crippen molar-refractivity contribution in [3.63, 3.8) is 0 Å². The molecule has 102 valence electrons. The minimum absolute atomic E-state index is 0.136. The predicted octanol–water partition coefficient (Wildman–Crippen LogP) is 4.38. The molecule has 0 unspecified atom stereocenters. The fraction of sp³-hybridized carbons (Fsp3) is 0.643. The largest absolute Gasteiger partial charge is 0.444 e. The molecule has 0 aliphatic carbocycles. The lowest BCUT2D eigenvalue weighted by atomic mass is 10.0. The van der Waals surface area contributed by atoms with Crippen LogP contribution in [0.5, 0.6) is 0 Å². The Morgan fingerprint density at radius 2 is 2.00 bits per heavy atom. The molecule has 0 radical (unpaired) electrons. The van der Waals surface area contributed by atoms with Crippen LogP contribution in [0.15, 0.2) is 21.2 Å². The van der Waals surface area contributed by atoms with Crippen LogP contribution in [0.25, 0.3) is 0 Å². The Hall–Kier alpha value is -0.770. The molecule has 3 nitrogen and oxygen atoms in total. The molecule has 4 heteroatoms. The molecule has 0 aliphatic heterocycles. The normalized spacial score (nSPS) is 10.9. The molecule has 18 heavy (non-hydrogen) atoms. The van der Waals surface area contributed by atoms with E-state index in [9.17, 15) is 4.79 Å². The Balaban J connectivity index is 2.03. The highest BCUT2D eigenvalue weighted by molar-refractivity contribution is 9.10. The summed E-state index contributed by atoms with van der Waals surface area (Å²) in [7, 11) is 0. The summed E-state index contributed by atoms with van der Waals surface area (Å²) >= 11 is 3.18. The zero-order valence-corrected chi connectivity index (χ0v) is 12.8. The predicted molar refractivity (Wildman–Crippen MR) is 76.7 cm³/mol. The second-order valence-corrected chi connectivity index (χ2v) is 5.74. The van der Waals surface area contributed by atoms with Crippen molar-refractivity contribution in [3.8, 4) is 0 Å². The van der Waals surface area contributed by atoms with Gasteiger partial charge in [0.1, 0.15) is 0 Å². The summed E-state index contributed by atoms with van der Waals surface area (Å²) in [4.78, 5) is 11.6. The Kier molecular flexibility index (Phi) is 7.09. The topological polar surface area (TPSA) is 42.2 Å². The summed E-state index contributed by atoms with van der Waals surface area (Å²) in [5.41, 5.74) is 0. The number of hydrogen-bond acceptors (Lipinski definition) is 2. The summed E-state index contributed by atoms with van der Waals surface area (Å²) < 4.78 is 5.76. The number of furan rings is 1. The van der Waals surface area contributed by atoms with Crippen LogP contribution >= 0.6 is 15.9 Å². The smallest absolute Gasteiger partial charge is 0.287 e. The van der Waals surface area contributed by atoms with E-state index in [0.29, 0.717) is 10.4 Å². The Morgan fingerprint density at radius 1 is 1.28 bits per heavy atom. The number of carbonyl (C=O) groups excluding carboxylic acids is 1. The highest BCUT2D eigenvalue weighted by atomic mass is 79.9. The molecule has 1 aromatic heterocycles. The number of unbranched alkanes of at least 4 members (excludes halogenated alkanes) is 3. The molecule has 1 heterocycles. The van der Waals surface area contributed by atoms with Gasteiger partial charge >= 0.3 is 0 Å². The molecule has 0 fully saturated rings. The second kappa shape index (κ2) is 8.35. The van der Waals surface area contributed by atoms with Crippen molar-refractivity contribution in [2.24, 2.45) is 5.92 Å². The lowest BCUT2D eigenvalue weighted by Crippen LogP contribution is -2.23. The number of halogens is 1. The molecule has 0 atom stereocenters. The van der Waals surface area contributed by atoms with E-state index in [2.05, 4.69) is 35.1 Å². The highest BCUT2D eigenvalue weighted by Crippen LogP contribution is 2.13. The molecular weight excluding hydrogens is 294 g/mol. The molecule has 0 spiro atoms. The molecule has 1 amide bonds. The molecule has 0 aliphatic rings. The van der Waals surface area contributed by atoms with E-state index < -0.39 is 0 Å². The van der Waals surface area contributed by atoms with E-state index in [1.165, 1.54) is 25.7 Å². The van der Waals surface area contributed by atoms with Gasteiger partial charge in [-0.05, 0) is 40.4 Å². The van der Waals surface area contributed by atoms with Crippen LogP contribution in [0.4, 0.5) is 0 Å². The zero-order valence-electron chi connectivity index (χ0n) is 11.2. The van der Waals surface area contributed by atoms with E-state index in [4.69, 9.17) is 4.42 Å². The van der Waals surface area contributed by atoms with Crippen molar-refractivity contribution in [3.05, 3.63) is 22.6 Å². The van der Waals surface area contributed by atoms with Gasteiger partial charge in [-0.25, -0.2) is 0 Å². The maximum Gasteiger partial charge on any atom is 0.287 e. The van der Waals surface area contributed by atoms with Gasteiger partial charge in [-0.3, -0.25) is 4.79 Å².